The lowest BCUT2D eigenvalue weighted by atomic mass is 9.76. The minimum atomic E-state index is -3.59. The van der Waals surface area contributed by atoms with Gasteiger partial charge in [-0.3, -0.25) is 19.2 Å². The topological polar surface area (TPSA) is 140 Å². The third-order valence-corrected chi connectivity index (χ3v) is 9.61. The summed E-state index contributed by atoms with van der Waals surface area (Å²) in [5.74, 6) is -1.64. The van der Waals surface area contributed by atoms with Crippen LogP contribution in [-0.2, 0) is 42.2 Å². The van der Waals surface area contributed by atoms with Gasteiger partial charge >= 0.3 is 5.97 Å². The SMILES string of the molecule is COC(=O)Cc1ccc(CONC(=O)[C@@H]2c3cc(OC)ccc3C(=O)N(C3CCCC[C@@H]3NS(C)(=O)=O)[C@H]2c2ccc(Cl)cc2)cc1. The molecule has 250 valence electrons. The van der Waals surface area contributed by atoms with E-state index in [1.165, 1.54) is 14.2 Å². The van der Waals surface area contributed by atoms with Gasteiger partial charge in [0.2, 0.25) is 10.0 Å². The van der Waals surface area contributed by atoms with Crippen LogP contribution in [0.4, 0.5) is 0 Å². The average molecular weight is 684 g/mol. The Kier molecular flexibility index (Phi) is 10.9. The van der Waals surface area contributed by atoms with E-state index in [9.17, 15) is 22.8 Å². The fourth-order valence-corrected chi connectivity index (χ4v) is 7.42. The van der Waals surface area contributed by atoms with E-state index in [2.05, 4.69) is 10.2 Å². The van der Waals surface area contributed by atoms with E-state index < -0.39 is 40.0 Å². The van der Waals surface area contributed by atoms with Gasteiger partial charge < -0.3 is 14.4 Å². The zero-order chi connectivity index (χ0) is 33.7. The Balaban J connectivity index is 1.51. The second-order valence-electron chi connectivity index (χ2n) is 11.8. The Morgan fingerprint density at radius 1 is 0.957 bits per heavy atom. The molecule has 11 nitrogen and oxygen atoms in total. The summed E-state index contributed by atoms with van der Waals surface area (Å²) in [7, 11) is -0.751. The van der Waals surface area contributed by atoms with Crippen molar-refractivity contribution in [3.63, 3.8) is 0 Å². The number of methoxy groups -OCH3 is 2. The largest absolute Gasteiger partial charge is 0.497 e. The summed E-state index contributed by atoms with van der Waals surface area (Å²) >= 11 is 6.25. The number of hydrogen-bond donors (Lipinski definition) is 2. The molecule has 3 aromatic carbocycles. The van der Waals surface area contributed by atoms with Crippen molar-refractivity contribution >= 4 is 39.4 Å². The maximum absolute atomic E-state index is 14.4. The predicted octanol–water partition coefficient (Wildman–Crippen LogP) is 4.45. The van der Waals surface area contributed by atoms with Gasteiger partial charge in [-0.2, -0.15) is 0 Å². The molecule has 1 aliphatic heterocycles. The van der Waals surface area contributed by atoms with Gasteiger partial charge in [0.15, 0.2) is 0 Å². The Hall–Kier alpha value is -3.97. The van der Waals surface area contributed by atoms with Gasteiger partial charge in [0, 0.05) is 22.7 Å². The van der Waals surface area contributed by atoms with E-state index in [0.29, 0.717) is 40.3 Å². The summed E-state index contributed by atoms with van der Waals surface area (Å²) < 4.78 is 37.8. The molecular weight excluding hydrogens is 646 g/mol. The van der Waals surface area contributed by atoms with Crippen molar-refractivity contribution in [1.82, 2.24) is 15.1 Å². The summed E-state index contributed by atoms with van der Waals surface area (Å²) in [5, 5.41) is 0.487. The van der Waals surface area contributed by atoms with Crippen LogP contribution in [-0.4, -0.2) is 63.7 Å². The van der Waals surface area contributed by atoms with Crippen molar-refractivity contribution in [3.8, 4) is 5.75 Å². The van der Waals surface area contributed by atoms with Crippen molar-refractivity contribution in [2.24, 2.45) is 0 Å². The number of amides is 2. The van der Waals surface area contributed by atoms with Crippen molar-refractivity contribution in [3.05, 3.63) is 99.6 Å². The van der Waals surface area contributed by atoms with Gasteiger partial charge in [0.25, 0.3) is 11.8 Å². The maximum Gasteiger partial charge on any atom is 0.309 e. The molecule has 1 aliphatic carbocycles. The zero-order valence-electron chi connectivity index (χ0n) is 26.4. The third kappa shape index (κ3) is 8.13. The molecule has 4 atom stereocenters. The number of nitrogens with one attached hydrogen (secondary N) is 2. The lowest BCUT2D eigenvalue weighted by molar-refractivity contribution is -0.140. The van der Waals surface area contributed by atoms with Crippen LogP contribution in [0.25, 0.3) is 0 Å². The van der Waals surface area contributed by atoms with Gasteiger partial charge in [0.05, 0.1) is 45.5 Å². The average Bonchev–Trinajstić information content (AvgIpc) is 3.05. The van der Waals surface area contributed by atoms with E-state index in [4.69, 9.17) is 25.9 Å². The number of carbonyl (C=O) groups is 3. The second kappa shape index (κ2) is 14.8. The summed E-state index contributed by atoms with van der Waals surface area (Å²) in [5.41, 5.74) is 5.57. The first kappa shape index (κ1) is 34.4. The van der Waals surface area contributed by atoms with Gasteiger partial charge in [-0.05, 0) is 65.4 Å². The molecule has 5 rings (SSSR count). The molecule has 0 spiro atoms. The first-order chi connectivity index (χ1) is 22.5. The number of nitrogens with zero attached hydrogens (tertiary/aromatic N) is 1. The minimum absolute atomic E-state index is 0.0408. The van der Waals surface area contributed by atoms with E-state index in [-0.39, 0.29) is 24.9 Å². The number of fused-ring (bicyclic) bond motifs is 1. The van der Waals surface area contributed by atoms with Gasteiger partial charge in [-0.1, -0.05) is 60.8 Å². The van der Waals surface area contributed by atoms with Crippen LogP contribution >= 0.6 is 11.6 Å². The molecule has 1 heterocycles. The first-order valence-corrected chi connectivity index (χ1v) is 17.6. The predicted molar refractivity (Wildman–Crippen MR) is 175 cm³/mol. The molecule has 0 aromatic heterocycles. The molecule has 2 N–H and O–H groups in total. The number of hydrogen-bond acceptors (Lipinski definition) is 8. The number of halogens is 1. The van der Waals surface area contributed by atoms with Gasteiger partial charge in [-0.25, -0.2) is 18.6 Å². The molecule has 1 unspecified atom stereocenters. The van der Waals surface area contributed by atoms with Crippen LogP contribution in [0.2, 0.25) is 5.02 Å². The molecule has 2 aliphatic rings. The van der Waals surface area contributed by atoms with Gasteiger partial charge in [0.1, 0.15) is 5.75 Å². The third-order valence-electron chi connectivity index (χ3n) is 8.63. The quantitative estimate of drug-likeness (QED) is 0.223. The van der Waals surface area contributed by atoms with Crippen molar-refractivity contribution in [1.29, 1.82) is 0 Å². The number of ether oxygens (including phenoxy) is 2. The Bertz CT molecular complexity index is 1720. The van der Waals surface area contributed by atoms with Crippen LogP contribution in [0, 0.1) is 0 Å². The summed E-state index contributed by atoms with van der Waals surface area (Å²) in [6.45, 7) is 0.0408. The number of benzene rings is 3. The molecular formula is C34H38ClN3O8S. The molecule has 47 heavy (non-hydrogen) atoms. The fraction of sp³-hybridized carbons (Fsp3) is 0.382. The second-order valence-corrected chi connectivity index (χ2v) is 14.0. The number of hydroxylamine groups is 1. The highest BCUT2D eigenvalue weighted by Gasteiger charge is 2.49. The normalized spacial score (nSPS) is 21.1. The Labute approximate surface area is 279 Å². The summed E-state index contributed by atoms with van der Waals surface area (Å²) in [4.78, 5) is 47.7. The van der Waals surface area contributed by atoms with Crippen molar-refractivity contribution in [2.75, 3.05) is 20.5 Å². The van der Waals surface area contributed by atoms with Crippen LogP contribution in [0.1, 0.15) is 70.3 Å². The lowest BCUT2D eigenvalue weighted by Gasteiger charge is -2.49. The maximum atomic E-state index is 14.4. The molecule has 2 amide bonds. The summed E-state index contributed by atoms with van der Waals surface area (Å²) in [6.07, 6.45) is 3.93. The van der Waals surface area contributed by atoms with Crippen LogP contribution in [0.5, 0.6) is 5.75 Å². The number of sulfonamides is 1. The highest BCUT2D eigenvalue weighted by atomic mass is 35.5. The fourth-order valence-electron chi connectivity index (χ4n) is 6.47. The zero-order valence-corrected chi connectivity index (χ0v) is 28.0. The van der Waals surface area contributed by atoms with E-state index in [0.717, 1.165) is 30.2 Å². The standard InChI is InChI=1S/C34H38ClN3O8S/c1-44-25-16-17-26-27(19-25)31(33(40)36-46-20-22-10-8-21(9-11-22)18-30(39)45-2)32(23-12-14-24(35)15-13-23)38(34(26)41)29-7-5-4-6-28(29)37-47(3,42)43/h8-17,19,28-29,31-32,37H,4-7,18,20H2,1-3H3,(H,36,40)/t28-,29?,31+,32-/m0/s1. The monoisotopic (exact) mass is 683 g/mol. The molecule has 3 aromatic rings. The van der Waals surface area contributed by atoms with E-state index >= 15 is 0 Å². The molecule has 0 radical (unpaired) electrons. The molecule has 0 saturated heterocycles. The molecule has 13 heteroatoms. The van der Waals surface area contributed by atoms with Gasteiger partial charge in [-0.15, -0.1) is 0 Å². The highest BCUT2D eigenvalue weighted by molar-refractivity contribution is 7.88. The van der Waals surface area contributed by atoms with Crippen LogP contribution in [0.3, 0.4) is 0 Å². The lowest BCUT2D eigenvalue weighted by Crippen LogP contribution is -2.59. The number of carbonyl (C=O) groups excluding carboxylic acids is 3. The first-order valence-electron chi connectivity index (χ1n) is 15.3. The number of esters is 1. The molecule has 1 saturated carbocycles. The molecule has 0 bridgehead atoms. The van der Waals surface area contributed by atoms with Crippen molar-refractivity contribution in [2.45, 2.75) is 62.8 Å². The highest BCUT2D eigenvalue weighted by Crippen LogP contribution is 2.47. The van der Waals surface area contributed by atoms with Crippen LogP contribution < -0.4 is 14.9 Å². The Morgan fingerprint density at radius 3 is 2.30 bits per heavy atom. The van der Waals surface area contributed by atoms with E-state index in [1.54, 1.807) is 71.6 Å². The minimum Gasteiger partial charge on any atom is -0.497 e. The van der Waals surface area contributed by atoms with Crippen molar-refractivity contribution < 1.29 is 37.1 Å². The van der Waals surface area contributed by atoms with E-state index in [1.807, 2.05) is 0 Å². The van der Waals surface area contributed by atoms with Crippen LogP contribution in [0.15, 0.2) is 66.7 Å². The number of rotatable bonds is 11. The Morgan fingerprint density at radius 2 is 1.64 bits per heavy atom. The molecule has 1 fully saturated rings. The smallest absolute Gasteiger partial charge is 0.309 e. The summed E-state index contributed by atoms with van der Waals surface area (Å²) in [6, 6.07) is 17.2.